The number of esters is 1. The molecule has 84 valence electrons. The van der Waals surface area contributed by atoms with E-state index in [9.17, 15) is 4.79 Å². The van der Waals surface area contributed by atoms with Gasteiger partial charge in [-0.2, -0.15) is 5.06 Å². The lowest BCUT2D eigenvalue weighted by Gasteiger charge is -2.28. The van der Waals surface area contributed by atoms with E-state index in [0.717, 1.165) is 25.8 Å². The second kappa shape index (κ2) is 3.76. The van der Waals surface area contributed by atoms with E-state index in [-0.39, 0.29) is 24.0 Å². The third-order valence-electron chi connectivity index (χ3n) is 3.73. The van der Waals surface area contributed by atoms with Crippen LogP contribution in [0.15, 0.2) is 0 Å². The van der Waals surface area contributed by atoms with E-state index in [1.54, 1.807) is 0 Å². The summed E-state index contributed by atoms with van der Waals surface area (Å²) in [5.74, 6) is -0.0558. The topological polar surface area (TPSA) is 38.8 Å². The van der Waals surface area contributed by atoms with E-state index in [4.69, 9.17) is 9.57 Å². The molecule has 3 atom stereocenters. The van der Waals surface area contributed by atoms with Crippen LogP contribution >= 0.6 is 0 Å². The summed E-state index contributed by atoms with van der Waals surface area (Å²) in [6.45, 7) is 1.55. The zero-order valence-corrected chi connectivity index (χ0v) is 8.85. The summed E-state index contributed by atoms with van der Waals surface area (Å²) in [6, 6.07) is 0.286. The molecule has 4 heteroatoms. The maximum absolute atomic E-state index is 11.8. The molecule has 3 rings (SSSR count). The number of hydroxylamine groups is 2. The summed E-state index contributed by atoms with van der Waals surface area (Å²) in [7, 11) is 0. The minimum Gasteiger partial charge on any atom is -0.465 e. The molecule has 3 fully saturated rings. The Morgan fingerprint density at radius 3 is 3.07 bits per heavy atom. The smallest absolute Gasteiger partial charge is 0.313 e. The number of carbonyl (C=O) groups excluding carboxylic acids is 1. The summed E-state index contributed by atoms with van der Waals surface area (Å²) in [6.07, 6.45) is 5.46. The van der Waals surface area contributed by atoms with E-state index in [1.165, 1.54) is 12.8 Å². The second-order valence-electron chi connectivity index (χ2n) is 4.68. The van der Waals surface area contributed by atoms with Crippen LogP contribution in [0.3, 0.4) is 0 Å². The van der Waals surface area contributed by atoms with Crippen molar-refractivity contribution in [1.82, 2.24) is 5.06 Å². The average Bonchev–Trinajstić information content (AvgIpc) is 2.53. The summed E-state index contributed by atoms with van der Waals surface area (Å²) in [5, 5.41) is 2.03. The van der Waals surface area contributed by atoms with Gasteiger partial charge in [-0.15, -0.1) is 0 Å². The molecular formula is C11H17NO3. The first-order valence-electron chi connectivity index (χ1n) is 5.96. The van der Waals surface area contributed by atoms with Crippen LogP contribution in [-0.4, -0.2) is 36.3 Å². The van der Waals surface area contributed by atoms with Gasteiger partial charge in [0, 0.05) is 6.54 Å². The first-order valence-corrected chi connectivity index (χ1v) is 5.96. The van der Waals surface area contributed by atoms with E-state index in [0.29, 0.717) is 6.61 Å². The van der Waals surface area contributed by atoms with Gasteiger partial charge in [0.15, 0.2) is 0 Å². The van der Waals surface area contributed by atoms with Crippen molar-refractivity contribution >= 4 is 5.97 Å². The minimum absolute atomic E-state index is 0.0206. The zero-order chi connectivity index (χ0) is 10.3. The van der Waals surface area contributed by atoms with Crippen molar-refractivity contribution in [3.05, 3.63) is 0 Å². The van der Waals surface area contributed by atoms with Gasteiger partial charge in [0.25, 0.3) is 0 Å². The molecule has 3 saturated heterocycles. The Hall–Kier alpha value is -0.610. The number of hydrogen-bond acceptors (Lipinski definition) is 4. The highest BCUT2D eigenvalue weighted by molar-refractivity contribution is 5.74. The number of ether oxygens (including phenoxy) is 1. The third kappa shape index (κ3) is 1.56. The predicted octanol–water partition coefficient (Wildman–Crippen LogP) is 1.11. The van der Waals surface area contributed by atoms with Crippen LogP contribution in [0.4, 0.5) is 0 Å². The quantitative estimate of drug-likeness (QED) is 0.563. The Kier molecular flexibility index (Phi) is 2.41. The Bertz CT molecular complexity index is 269. The van der Waals surface area contributed by atoms with Gasteiger partial charge in [0.1, 0.15) is 5.92 Å². The molecule has 0 aliphatic carbocycles. The number of nitrogens with zero attached hydrogens (tertiary/aromatic N) is 1. The Morgan fingerprint density at radius 2 is 2.13 bits per heavy atom. The van der Waals surface area contributed by atoms with E-state index < -0.39 is 0 Å². The first-order chi connectivity index (χ1) is 7.36. The average molecular weight is 211 g/mol. The molecule has 0 spiro atoms. The number of fused-ring (bicyclic) bond motifs is 3. The highest BCUT2D eigenvalue weighted by Crippen LogP contribution is 2.37. The van der Waals surface area contributed by atoms with Gasteiger partial charge in [0.05, 0.1) is 18.8 Å². The highest BCUT2D eigenvalue weighted by atomic mass is 16.7. The van der Waals surface area contributed by atoms with Crippen molar-refractivity contribution < 1.29 is 14.4 Å². The second-order valence-corrected chi connectivity index (χ2v) is 4.68. The highest BCUT2D eigenvalue weighted by Gasteiger charge is 2.49. The van der Waals surface area contributed by atoms with Crippen LogP contribution in [-0.2, 0) is 14.4 Å². The number of piperidine rings is 1. The monoisotopic (exact) mass is 211 g/mol. The summed E-state index contributed by atoms with van der Waals surface area (Å²) < 4.78 is 5.22. The van der Waals surface area contributed by atoms with Crippen molar-refractivity contribution in [2.75, 3.05) is 13.2 Å². The van der Waals surface area contributed by atoms with E-state index >= 15 is 0 Å². The molecule has 0 bridgehead atoms. The van der Waals surface area contributed by atoms with Crippen LogP contribution in [0.25, 0.3) is 0 Å². The first kappa shape index (κ1) is 9.60. The summed E-state index contributed by atoms with van der Waals surface area (Å²) >= 11 is 0. The lowest BCUT2D eigenvalue weighted by atomic mass is 9.88. The largest absolute Gasteiger partial charge is 0.465 e. The predicted molar refractivity (Wildman–Crippen MR) is 52.9 cm³/mol. The molecule has 0 saturated carbocycles. The number of hydrogen-bond donors (Lipinski definition) is 0. The lowest BCUT2D eigenvalue weighted by molar-refractivity contribution is -0.172. The molecule has 3 heterocycles. The molecule has 0 radical (unpaired) electrons. The fraction of sp³-hybridized carbons (Fsp3) is 0.909. The normalized spacial score (nSPS) is 41.6. The molecule has 3 aliphatic rings. The number of cyclic esters (lactones) is 1. The summed E-state index contributed by atoms with van der Waals surface area (Å²) in [4.78, 5) is 17.7. The van der Waals surface area contributed by atoms with Gasteiger partial charge in [-0.1, -0.05) is 6.42 Å². The fourth-order valence-electron chi connectivity index (χ4n) is 3.00. The van der Waals surface area contributed by atoms with Crippen molar-refractivity contribution in [2.45, 2.75) is 44.2 Å². The third-order valence-corrected chi connectivity index (χ3v) is 3.73. The molecule has 4 nitrogen and oxygen atoms in total. The van der Waals surface area contributed by atoms with Gasteiger partial charge in [-0.3, -0.25) is 9.63 Å². The Morgan fingerprint density at radius 1 is 1.20 bits per heavy atom. The minimum atomic E-state index is -0.0353. The molecule has 0 amide bonds. The van der Waals surface area contributed by atoms with E-state index in [1.807, 2.05) is 5.06 Å². The standard InChI is InChI=1S/C11H17NO3/c13-11-10-8-4-1-2-6-12(8)15-9(10)5-3-7-14-11/h8-10H,1-7H2/t8-,9?,10?/m1/s1. The van der Waals surface area contributed by atoms with Gasteiger partial charge in [-0.05, 0) is 25.7 Å². The molecule has 3 aliphatic heterocycles. The number of carbonyl (C=O) groups is 1. The van der Waals surface area contributed by atoms with Crippen molar-refractivity contribution in [2.24, 2.45) is 5.92 Å². The molecular weight excluding hydrogens is 194 g/mol. The maximum atomic E-state index is 11.8. The van der Waals surface area contributed by atoms with Crippen LogP contribution in [0.1, 0.15) is 32.1 Å². The van der Waals surface area contributed by atoms with Gasteiger partial charge in [0.2, 0.25) is 0 Å². The molecule has 0 aromatic carbocycles. The van der Waals surface area contributed by atoms with Crippen LogP contribution < -0.4 is 0 Å². The molecule has 0 aromatic heterocycles. The van der Waals surface area contributed by atoms with Gasteiger partial charge >= 0.3 is 5.97 Å². The zero-order valence-electron chi connectivity index (χ0n) is 8.85. The Balaban J connectivity index is 1.83. The lowest BCUT2D eigenvalue weighted by Crippen LogP contribution is -2.39. The van der Waals surface area contributed by atoms with Crippen LogP contribution in [0.2, 0.25) is 0 Å². The SMILES string of the molecule is O=C1OCCCC2ON3CCCC[C@@H]3C12. The fourth-order valence-corrected chi connectivity index (χ4v) is 3.00. The molecule has 15 heavy (non-hydrogen) atoms. The van der Waals surface area contributed by atoms with Gasteiger partial charge < -0.3 is 4.74 Å². The van der Waals surface area contributed by atoms with Crippen molar-refractivity contribution in [3.8, 4) is 0 Å². The molecule has 2 unspecified atom stereocenters. The van der Waals surface area contributed by atoms with Gasteiger partial charge in [-0.25, -0.2) is 0 Å². The Labute approximate surface area is 89.5 Å². The maximum Gasteiger partial charge on any atom is 0.313 e. The van der Waals surface area contributed by atoms with Crippen molar-refractivity contribution in [1.29, 1.82) is 0 Å². The summed E-state index contributed by atoms with van der Waals surface area (Å²) in [5.41, 5.74) is 0. The molecule has 0 aromatic rings. The van der Waals surface area contributed by atoms with Crippen molar-refractivity contribution in [3.63, 3.8) is 0 Å². The van der Waals surface area contributed by atoms with Crippen LogP contribution in [0.5, 0.6) is 0 Å². The van der Waals surface area contributed by atoms with E-state index in [2.05, 4.69) is 0 Å². The molecule has 0 N–H and O–H groups in total. The van der Waals surface area contributed by atoms with Crippen LogP contribution in [0, 0.1) is 5.92 Å². The number of rotatable bonds is 0.